The Bertz CT molecular complexity index is 1240. The Kier molecular flexibility index (Phi) is 5.93. The normalized spacial score (nSPS) is 19.4. The minimum atomic E-state index is -0.771. The first-order valence-electron chi connectivity index (χ1n) is 10.5. The number of non-ortho nitro benzene ring substituents is 2. The van der Waals surface area contributed by atoms with Crippen molar-refractivity contribution in [3.05, 3.63) is 91.5 Å². The van der Waals surface area contributed by atoms with Gasteiger partial charge in [-0.3, -0.25) is 34.6 Å². The molecule has 2 aromatic carbocycles. The molecule has 34 heavy (non-hydrogen) atoms. The molecule has 0 spiro atoms. The van der Waals surface area contributed by atoms with Gasteiger partial charge in [-0.25, -0.2) is 5.01 Å². The number of hydrazine groups is 1. The Morgan fingerprint density at radius 1 is 1.00 bits per heavy atom. The summed E-state index contributed by atoms with van der Waals surface area (Å²) in [6.07, 6.45) is 2.69. The van der Waals surface area contributed by atoms with Crippen molar-refractivity contribution in [2.45, 2.75) is 26.3 Å². The lowest BCUT2D eigenvalue weighted by molar-refractivity contribution is -0.385. The molecule has 1 fully saturated rings. The van der Waals surface area contributed by atoms with E-state index in [0.717, 1.165) is 21.7 Å². The highest BCUT2D eigenvalue weighted by molar-refractivity contribution is 6.08. The van der Waals surface area contributed by atoms with Gasteiger partial charge in [0, 0.05) is 29.8 Å². The highest BCUT2D eigenvalue weighted by Gasteiger charge is 2.51. The molecule has 11 heteroatoms. The molecule has 2 atom stereocenters. The van der Waals surface area contributed by atoms with Crippen LogP contribution in [0.1, 0.15) is 35.7 Å². The Hall–Kier alpha value is -4.41. The van der Waals surface area contributed by atoms with Gasteiger partial charge < -0.3 is 0 Å². The summed E-state index contributed by atoms with van der Waals surface area (Å²) in [6.45, 7) is 1.64. The van der Waals surface area contributed by atoms with Crippen LogP contribution in [0, 0.1) is 32.1 Å². The van der Waals surface area contributed by atoms with Crippen molar-refractivity contribution >= 4 is 29.1 Å². The summed E-state index contributed by atoms with van der Waals surface area (Å²) >= 11 is 0. The third kappa shape index (κ3) is 4.15. The second kappa shape index (κ2) is 8.85. The Morgan fingerprint density at radius 3 is 2.29 bits per heavy atom. The molecule has 0 N–H and O–H groups in total. The van der Waals surface area contributed by atoms with E-state index in [1.807, 2.05) is 13.0 Å². The first-order chi connectivity index (χ1) is 16.2. The number of hydrogen-bond donors (Lipinski definition) is 0. The Balaban J connectivity index is 1.72. The first kappa shape index (κ1) is 22.8. The van der Waals surface area contributed by atoms with Gasteiger partial charge in [0.05, 0.1) is 28.2 Å². The van der Waals surface area contributed by atoms with Gasteiger partial charge in [-0.05, 0) is 31.4 Å². The maximum atomic E-state index is 13.5. The van der Waals surface area contributed by atoms with Crippen molar-refractivity contribution in [1.82, 2.24) is 10.0 Å². The topological polar surface area (TPSA) is 144 Å². The molecular formula is C23H20N4O7. The number of fused-ring (bicyclic) bond motifs is 1. The molecule has 11 nitrogen and oxygen atoms in total. The average Bonchev–Trinajstić information content (AvgIpc) is 3.06. The number of allylic oxidation sites excluding steroid dienone is 2. The molecule has 1 saturated heterocycles. The Morgan fingerprint density at radius 2 is 1.65 bits per heavy atom. The highest BCUT2D eigenvalue weighted by Crippen LogP contribution is 2.39. The van der Waals surface area contributed by atoms with Crippen LogP contribution in [0.15, 0.2) is 60.2 Å². The molecule has 2 aliphatic rings. The van der Waals surface area contributed by atoms with E-state index < -0.39 is 39.4 Å². The lowest BCUT2D eigenvalue weighted by Gasteiger charge is -2.30. The SMILES string of the molecule is CC1=CC[C@@H]2C(=O)N(N(Cc3ccc([N+](=O)[O-])cc3)C(=O)c3cccc([N+](=O)[O-])c3)C(=O)[C@H]2C1. The smallest absolute Gasteiger partial charge is 0.272 e. The summed E-state index contributed by atoms with van der Waals surface area (Å²) < 4.78 is 0. The number of carbonyl (C=O) groups is 3. The van der Waals surface area contributed by atoms with Crippen molar-refractivity contribution in [2.24, 2.45) is 11.8 Å². The zero-order chi connectivity index (χ0) is 24.6. The largest absolute Gasteiger partial charge is 0.273 e. The second-order valence-electron chi connectivity index (χ2n) is 8.29. The van der Waals surface area contributed by atoms with Crippen LogP contribution in [0.5, 0.6) is 0 Å². The molecule has 0 saturated carbocycles. The minimum Gasteiger partial charge on any atom is -0.272 e. The summed E-state index contributed by atoms with van der Waals surface area (Å²) in [6, 6.07) is 10.4. The minimum absolute atomic E-state index is 0.0686. The summed E-state index contributed by atoms with van der Waals surface area (Å²) in [5, 5.41) is 24.0. The van der Waals surface area contributed by atoms with Crippen molar-refractivity contribution in [3.63, 3.8) is 0 Å². The van der Waals surface area contributed by atoms with E-state index in [1.54, 1.807) is 0 Å². The fourth-order valence-corrected chi connectivity index (χ4v) is 4.29. The van der Waals surface area contributed by atoms with E-state index in [2.05, 4.69) is 0 Å². The molecule has 1 heterocycles. The summed E-state index contributed by atoms with van der Waals surface area (Å²) in [5.74, 6) is -2.97. The molecule has 0 bridgehead atoms. The number of benzene rings is 2. The number of nitro benzene ring substituents is 2. The van der Waals surface area contributed by atoms with E-state index in [4.69, 9.17) is 0 Å². The van der Waals surface area contributed by atoms with Crippen LogP contribution in [0.3, 0.4) is 0 Å². The van der Waals surface area contributed by atoms with Crippen molar-refractivity contribution in [2.75, 3.05) is 0 Å². The summed E-state index contributed by atoms with van der Waals surface area (Å²) in [5.41, 5.74) is 0.890. The third-order valence-corrected chi connectivity index (χ3v) is 6.06. The number of imide groups is 1. The van der Waals surface area contributed by atoms with Gasteiger partial charge in [-0.15, -0.1) is 0 Å². The van der Waals surface area contributed by atoms with Gasteiger partial charge in [0.1, 0.15) is 0 Å². The third-order valence-electron chi connectivity index (χ3n) is 6.06. The van der Waals surface area contributed by atoms with E-state index in [1.165, 1.54) is 42.5 Å². The van der Waals surface area contributed by atoms with Gasteiger partial charge in [0.25, 0.3) is 29.1 Å². The maximum Gasteiger partial charge on any atom is 0.273 e. The van der Waals surface area contributed by atoms with Gasteiger partial charge in [-0.2, -0.15) is 5.01 Å². The predicted octanol–water partition coefficient (Wildman–Crippen LogP) is 3.40. The van der Waals surface area contributed by atoms with Crippen LogP contribution in [-0.2, 0) is 16.1 Å². The number of nitro groups is 2. The number of hydrogen-bond acceptors (Lipinski definition) is 7. The maximum absolute atomic E-state index is 13.5. The molecule has 0 unspecified atom stereocenters. The zero-order valence-corrected chi connectivity index (χ0v) is 18.1. The van der Waals surface area contributed by atoms with Crippen LogP contribution < -0.4 is 0 Å². The molecule has 1 aliphatic carbocycles. The van der Waals surface area contributed by atoms with Crippen molar-refractivity contribution < 1.29 is 24.2 Å². The monoisotopic (exact) mass is 464 g/mol. The molecule has 0 aromatic heterocycles. The number of amides is 3. The lowest BCUT2D eigenvalue weighted by atomic mass is 9.82. The molecule has 174 valence electrons. The second-order valence-corrected chi connectivity index (χ2v) is 8.29. The van der Waals surface area contributed by atoms with Crippen molar-refractivity contribution in [1.29, 1.82) is 0 Å². The van der Waals surface area contributed by atoms with Gasteiger partial charge in [0.2, 0.25) is 0 Å². The Labute approximate surface area is 193 Å². The average molecular weight is 464 g/mol. The molecular weight excluding hydrogens is 444 g/mol. The van der Waals surface area contributed by atoms with Crippen LogP contribution in [-0.4, -0.2) is 37.6 Å². The molecule has 3 amide bonds. The first-order valence-corrected chi connectivity index (χ1v) is 10.5. The van der Waals surface area contributed by atoms with Crippen LogP contribution in [0.25, 0.3) is 0 Å². The molecule has 1 aliphatic heterocycles. The zero-order valence-electron chi connectivity index (χ0n) is 18.1. The molecule has 2 aromatic rings. The number of carbonyl (C=O) groups excluding carboxylic acids is 3. The standard InChI is InChI=1S/C23H20N4O7/c1-14-5-10-19-20(11-14)23(30)25(22(19)29)24(13-15-6-8-17(9-7-15)26(31)32)21(28)16-3-2-4-18(12-16)27(33)34/h2-9,12,19-20H,10-11,13H2,1H3/t19-,20-/m0/s1. The number of rotatable bonds is 6. The highest BCUT2D eigenvalue weighted by atomic mass is 16.6. The predicted molar refractivity (Wildman–Crippen MR) is 118 cm³/mol. The summed E-state index contributed by atoms with van der Waals surface area (Å²) in [7, 11) is 0. The fourth-order valence-electron chi connectivity index (χ4n) is 4.29. The van der Waals surface area contributed by atoms with E-state index in [9.17, 15) is 34.6 Å². The summed E-state index contributed by atoms with van der Waals surface area (Å²) in [4.78, 5) is 60.9. The van der Waals surface area contributed by atoms with Gasteiger partial charge in [-0.1, -0.05) is 29.8 Å². The van der Waals surface area contributed by atoms with E-state index in [0.29, 0.717) is 18.4 Å². The van der Waals surface area contributed by atoms with Crippen LogP contribution in [0.2, 0.25) is 0 Å². The van der Waals surface area contributed by atoms with Crippen LogP contribution >= 0.6 is 0 Å². The van der Waals surface area contributed by atoms with Gasteiger partial charge in [0.15, 0.2) is 0 Å². The molecule has 4 rings (SSSR count). The quantitative estimate of drug-likeness (QED) is 0.276. The van der Waals surface area contributed by atoms with Crippen molar-refractivity contribution in [3.8, 4) is 0 Å². The molecule has 0 radical (unpaired) electrons. The van der Waals surface area contributed by atoms with Crippen LogP contribution in [0.4, 0.5) is 11.4 Å². The lowest BCUT2D eigenvalue weighted by Crippen LogP contribution is -2.49. The van der Waals surface area contributed by atoms with E-state index >= 15 is 0 Å². The fraction of sp³-hybridized carbons (Fsp3) is 0.261. The van der Waals surface area contributed by atoms with E-state index in [-0.39, 0.29) is 23.5 Å². The van der Waals surface area contributed by atoms with Gasteiger partial charge >= 0.3 is 0 Å². The number of nitrogens with zero attached hydrogens (tertiary/aromatic N) is 4.